The molecule has 1 aromatic carbocycles. The van der Waals surface area contributed by atoms with Gasteiger partial charge in [-0.2, -0.15) is 0 Å². The predicted octanol–water partition coefficient (Wildman–Crippen LogP) is 4.34. The Morgan fingerprint density at radius 3 is 2.31 bits per heavy atom. The average Bonchev–Trinajstić information content (AvgIpc) is 2.63. The zero-order chi connectivity index (χ0) is 22.0. The fourth-order valence-electron chi connectivity index (χ4n) is 3.69. The Balaban J connectivity index is 2.14. The first-order valence-electron chi connectivity index (χ1n) is 10.5. The first-order valence-corrected chi connectivity index (χ1v) is 13.6. The highest BCUT2D eigenvalue weighted by Gasteiger charge is 2.57. The summed E-state index contributed by atoms with van der Waals surface area (Å²) in [5, 5.41) is 10.7. The summed E-state index contributed by atoms with van der Waals surface area (Å²) in [6.07, 6.45) is -1.99. The van der Waals surface area contributed by atoms with E-state index in [0.29, 0.717) is 12.5 Å². The van der Waals surface area contributed by atoms with Crippen molar-refractivity contribution in [3.05, 3.63) is 35.9 Å². The molecule has 0 aromatic heterocycles. The fourth-order valence-corrected chi connectivity index (χ4v) is 7.31. The highest BCUT2D eigenvalue weighted by atomic mass is 28.3. The van der Waals surface area contributed by atoms with E-state index in [-0.39, 0.29) is 17.4 Å². The molecule has 3 atom stereocenters. The predicted molar refractivity (Wildman–Crippen MR) is 117 cm³/mol. The molecule has 0 radical (unpaired) electrons. The van der Waals surface area contributed by atoms with Gasteiger partial charge < -0.3 is 19.3 Å². The molecule has 1 N–H and O–H groups in total. The van der Waals surface area contributed by atoms with Crippen molar-refractivity contribution in [3.63, 3.8) is 0 Å². The van der Waals surface area contributed by atoms with E-state index in [1.165, 1.54) is 0 Å². The van der Waals surface area contributed by atoms with E-state index in [4.69, 9.17) is 14.2 Å². The van der Waals surface area contributed by atoms with Gasteiger partial charge in [-0.25, -0.2) is 0 Å². The number of ether oxygens (including phenoxy) is 3. The molecule has 0 bridgehead atoms. The minimum absolute atomic E-state index is 0.0277. The number of ketones is 1. The number of benzene rings is 1. The Bertz CT molecular complexity index is 684. The molecule has 0 amide bonds. The number of aliphatic hydroxyl groups excluding tert-OH is 1. The Morgan fingerprint density at radius 1 is 1.17 bits per heavy atom. The molecule has 2 rings (SSSR count). The molecular formula is C23H38O5Si. The smallest absolute Gasteiger partial charge is 0.189 e. The van der Waals surface area contributed by atoms with Crippen LogP contribution in [0.4, 0.5) is 0 Å². The Labute approximate surface area is 176 Å². The van der Waals surface area contributed by atoms with E-state index in [1.807, 2.05) is 44.2 Å². The second kappa shape index (κ2) is 8.98. The van der Waals surface area contributed by atoms with Gasteiger partial charge in [0.25, 0.3) is 0 Å². The second-order valence-electron chi connectivity index (χ2n) is 10.0. The lowest BCUT2D eigenvalue weighted by atomic mass is 9.99. The molecule has 0 saturated carbocycles. The lowest BCUT2D eigenvalue weighted by Crippen LogP contribution is -2.66. The number of carbonyl (C=O) groups is 1. The molecule has 0 aliphatic carbocycles. The fraction of sp³-hybridized carbons (Fsp3) is 0.696. The van der Waals surface area contributed by atoms with Crippen molar-refractivity contribution in [1.29, 1.82) is 0 Å². The van der Waals surface area contributed by atoms with Crippen LogP contribution in [0.3, 0.4) is 0 Å². The van der Waals surface area contributed by atoms with Gasteiger partial charge in [0.1, 0.15) is 17.9 Å². The van der Waals surface area contributed by atoms with E-state index in [2.05, 4.69) is 40.8 Å². The Morgan fingerprint density at radius 2 is 1.76 bits per heavy atom. The minimum atomic E-state index is -2.22. The van der Waals surface area contributed by atoms with Crippen LogP contribution in [-0.4, -0.2) is 49.3 Å². The van der Waals surface area contributed by atoms with Gasteiger partial charge in [-0.15, -0.1) is 0 Å². The van der Waals surface area contributed by atoms with Crippen molar-refractivity contribution in [3.8, 4) is 0 Å². The summed E-state index contributed by atoms with van der Waals surface area (Å²) in [5.41, 5.74) is 0.474. The van der Waals surface area contributed by atoms with Crippen molar-refractivity contribution < 1.29 is 24.1 Å². The summed E-state index contributed by atoms with van der Waals surface area (Å²) in [7, 11) is -2.22. The van der Waals surface area contributed by atoms with Crippen molar-refractivity contribution in [1.82, 2.24) is 0 Å². The third-order valence-electron chi connectivity index (χ3n) is 6.86. The summed E-state index contributed by atoms with van der Waals surface area (Å²) in [6.45, 7) is 17.2. The third-order valence-corrected chi connectivity index (χ3v) is 12.5. The number of rotatable bonds is 8. The normalized spacial score (nSPS) is 24.0. The van der Waals surface area contributed by atoms with E-state index < -0.39 is 31.8 Å². The quantitative estimate of drug-likeness (QED) is 0.632. The van der Waals surface area contributed by atoms with Crippen molar-refractivity contribution >= 4 is 13.9 Å². The van der Waals surface area contributed by atoms with Crippen LogP contribution in [0.5, 0.6) is 0 Å². The molecule has 1 aliphatic rings. The molecule has 1 saturated heterocycles. The lowest BCUT2D eigenvalue weighted by Gasteiger charge is -2.52. The average molecular weight is 423 g/mol. The number of Topliss-reactive ketones (excluding diaryl/α,β-unsaturated/α-hetero) is 1. The monoisotopic (exact) mass is 422 g/mol. The van der Waals surface area contributed by atoms with Gasteiger partial charge in [0.05, 0.1) is 21.3 Å². The van der Waals surface area contributed by atoms with Crippen LogP contribution < -0.4 is 0 Å². The SMILES string of the molecule is CC(C)C(C)(C)[Si](C)(C)[C@H]1OC(C)(C)O[C@H]([C@H](O)COCc2ccccc2)C1=O. The van der Waals surface area contributed by atoms with Gasteiger partial charge >= 0.3 is 0 Å². The van der Waals surface area contributed by atoms with Crippen molar-refractivity contribution in [2.45, 2.75) is 90.0 Å². The molecule has 1 aromatic rings. The first-order chi connectivity index (χ1) is 13.3. The van der Waals surface area contributed by atoms with Crippen LogP contribution in [0.2, 0.25) is 18.1 Å². The number of hydrogen-bond acceptors (Lipinski definition) is 5. The maximum absolute atomic E-state index is 13.4. The van der Waals surface area contributed by atoms with Crippen LogP contribution in [0, 0.1) is 5.92 Å². The van der Waals surface area contributed by atoms with Crippen LogP contribution in [0.25, 0.3) is 0 Å². The van der Waals surface area contributed by atoms with Gasteiger partial charge in [0.2, 0.25) is 0 Å². The molecule has 29 heavy (non-hydrogen) atoms. The van der Waals surface area contributed by atoms with Crippen LogP contribution >= 0.6 is 0 Å². The van der Waals surface area contributed by atoms with Crippen molar-refractivity contribution in [2.75, 3.05) is 6.61 Å². The highest BCUT2D eigenvalue weighted by molar-refractivity contribution is 6.84. The number of hydrogen-bond donors (Lipinski definition) is 1. The highest BCUT2D eigenvalue weighted by Crippen LogP contribution is 2.48. The maximum Gasteiger partial charge on any atom is 0.189 e. The third kappa shape index (κ3) is 5.36. The Kier molecular flexibility index (Phi) is 7.50. The van der Waals surface area contributed by atoms with Gasteiger partial charge in [0, 0.05) is 0 Å². The molecule has 164 valence electrons. The number of aliphatic hydroxyl groups is 1. The molecule has 5 nitrogen and oxygen atoms in total. The molecule has 1 aliphatic heterocycles. The first kappa shape index (κ1) is 24.2. The van der Waals surface area contributed by atoms with Gasteiger partial charge in [-0.1, -0.05) is 71.1 Å². The maximum atomic E-state index is 13.4. The van der Waals surface area contributed by atoms with Crippen LogP contribution in [0.15, 0.2) is 30.3 Å². The standard InChI is InChI=1S/C23H38O5Si/c1-16(2)22(3,4)29(7,8)21-19(25)20(27-23(5,6)28-21)18(24)15-26-14-17-12-10-9-11-13-17/h9-13,16,18,20-21,24H,14-15H2,1-8H3/t18-,20-,21-/m1/s1. The van der Waals surface area contributed by atoms with E-state index in [0.717, 1.165) is 5.56 Å². The zero-order valence-corrected chi connectivity index (χ0v) is 20.2. The van der Waals surface area contributed by atoms with E-state index >= 15 is 0 Å². The molecule has 6 heteroatoms. The molecule has 0 spiro atoms. The van der Waals surface area contributed by atoms with E-state index in [9.17, 15) is 9.90 Å². The van der Waals surface area contributed by atoms with Gasteiger partial charge in [-0.05, 0) is 30.4 Å². The van der Waals surface area contributed by atoms with Crippen LogP contribution in [-0.2, 0) is 25.6 Å². The number of carbonyl (C=O) groups excluding carboxylic acids is 1. The van der Waals surface area contributed by atoms with Crippen LogP contribution in [0.1, 0.15) is 47.1 Å². The summed E-state index contributed by atoms with van der Waals surface area (Å²) in [4.78, 5) is 13.4. The van der Waals surface area contributed by atoms with Crippen molar-refractivity contribution in [2.24, 2.45) is 5.92 Å². The molecular weight excluding hydrogens is 384 g/mol. The summed E-state index contributed by atoms with van der Waals surface area (Å²) >= 11 is 0. The minimum Gasteiger partial charge on any atom is -0.388 e. The topological polar surface area (TPSA) is 65.0 Å². The van der Waals surface area contributed by atoms with E-state index in [1.54, 1.807) is 0 Å². The second-order valence-corrected chi connectivity index (χ2v) is 15.3. The van der Waals surface area contributed by atoms with Gasteiger partial charge in [-0.3, -0.25) is 4.79 Å². The summed E-state index contributed by atoms with van der Waals surface area (Å²) < 4.78 is 17.7. The molecule has 0 unspecified atom stereocenters. The van der Waals surface area contributed by atoms with Gasteiger partial charge in [0.15, 0.2) is 11.6 Å². The Hall–Kier alpha value is -1.05. The zero-order valence-electron chi connectivity index (χ0n) is 19.2. The molecule has 1 fully saturated rings. The largest absolute Gasteiger partial charge is 0.388 e. The lowest BCUT2D eigenvalue weighted by molar-refractivity contribution is -0.282. The summed E-state index contributed by atoms with van der Waals surface area (Å²) in [5.74, 6) is -0.698. The molecule has 1 heterocycles. The summed E-state index contributed by atoms with van der Waals surface area (Å²) in [6, 6.07) is 9.75.